The molecule has 0 saturated heterocycles. The summed E-state index contributed by atoms with van der Waals surface area (Å²) in [7, 11) is 0. The monoisotopic (exact) mass is 392 g/mol. The standard InChI is InChI=1S/C19H28N4O5/c1-12(2)23(22-19(27)28)11-16(24)15(10-14-7-5-4-6-8-14)21-18(26)13(3)9-17(20)25/h4-8,12,15-16,22,24H,3,9-11H2,1-2H3,(H2,20,25)(H,21,26)(H,27,28)/t15-,16-/m0/s1. The number of aliphatic hydroxyl groups excluding tert-OH is 1. The summed E-state index contributed by atoms with van der Waals surface area (Å²) >= 11 is 0. The molecule has 0 bridgehead atoms. The Bertz CT molecular complexity index is 693. The van der Waals surface area contributed by atoms with E-state index in [0.29, 0.717) is 6.42 Å². The number of amides is 3. The predicted octanol–water partition coefficient (Wildman–Crippen LogP) is 0.399. The van der Waals surface area contributed by atoms with Gasteiger partial charge in [-0.15, -0.1) is 0 Å². The molecular weight excluding hydrogens is 364 g/mol. The highest BCUT2D eigenvalue weighted by atomic mass is 16.4. The zero-order chi connectivity index (χ0) is 21.3. The van der Waals surface area contributed by atoms with Gasteiger partial charge in [-0.3, -0.25) is 15.0 Å². The van der Waals surface area contributed by atoms with Crippen LogP contribution < -0.4 is 16.5 Å². The summed E-state index contributed by atoms with van der Waals surface area (Å²) in [6, 6.07) is 8.25. The van der Waals surface area contributed by atoms with Crippen molar-refractivity contribution in [1.29, 1.82) is 0 Å². The molecular formula is C19H28N4O5. The lowest BCUT2D eigenvalue weighted by molar-refractivity contribution is -0.122. The maximum Gasteiger partial charge on any atom is 0.419 e. The van der Waals surface area contributed by atoms with Gasteiger partial charge in [0.2, 0.25) is 11.8 Å². The van der Waals surface area contributed by atoms with Crippen LogP contribution in [0.2, 0.25) is 0 Å². The number of carbonyl (C=O) groups is 3. The van der Waals surface area contributed by atoms with Crippen molar-refractivity contribution in [3.8, 4) is 0 Å². The van der Waals surface area contributed by atoms with Crippen molar-refractivity contribution in [3.63, 3.8) is 0 Å². The summed E-state index contributed by atoms with van der Waals surface area (Å²) in [6.07, 6.45) is -2.34. The fourth-order valence-electron chi connectivity index (χ4n) is 2.55. The molecule has 9 heteroatoms. The van der Waals surface area contributed by atoms with E-state index in [1.54, 1.807) is 13.8 Å². The lowest BCUT2D eigenvalue weighted by Crippen LogP contribution is -2.55. The molecule has 0 radical (unpaired) electrons. The van der Waals surface area contributed by atoms with Gasteiger partial charge >= 0.3 is 6.09 Å². The van der Waals surface area contributed by atoms with E-state index in [0.717, 1.165) is 5.56 Å². The van der Waals surface area contributed by atoms with E-state index in [1.165, 1.54) is 5.01 Å². The van der Waals surface area contributed by atoms with Crippen LogP contribution in [0.5, 0.6) is 0 Å². The molecule has 3 amide bonds. The Kier molecular flexibility index (Phi) is 9.13. The third-order valence-electron chi connectivity index (χ3n) is 4.03. The number of nitrogens with zero attached hydrogens (tertiary/aromatic N) is 1. The number of hydrogen-bond donors (Lipinski definition) is 5. The zero-order valence-electron chi connectivity index (χ0n) is 16.1. The topological polar surface area (TPSA) is 145 Å². The molecule has 2 atom stereocenters. The summed E-state index contributed by atoms with van der Waals surface area (Å²) in [5.74, 6) is -1.28. The Morgan fingerprint density at radius 1 is 1.21 bits per heavy atom. The fourth-order valence-corrected chi connectivity index (χ4v) is 2.55. The Balaban J connectivity index is 2.94. The largest absolute Gasteiger partial charge is 0.464 e. The third-order valence-corrected chi connectivity index (χ3v) is 4.03. The van der Waals surface area contributed by atoms with E-state index in [4.69, 9.17) is 10.8 Å². The van der Waals surface area contributed by atoms with Gasteiger partial charge in [0.1, 0.15) is 0 Å². The van der Waals surface area contributed by atoms with Crippen LogP contribution in [0.15, 0.2) is 42.5 Å². The predicted molar refractivity (Wildman–Crippen MR) is 104 cm³/mol. The van der Waals surface area contributed by atoms with Crippen LogP contribution in [0, 0.1) is 0 Å². The van der Waals surface area contributed by atoms with Crippen LogP contribution in [-0.2, 0) is 16.0 Å². The van der Waals surface area contributed by atoms with Gasteiger partial charge < -0.3 is 21.3 Å². The van der Waals surface area contributed by atoms with Gasteiger partial charge in [0.15, 0.2) is 0 Å². The molecule has 0 spiro atoms. The molecule has 1 aromatic carbocycles. The van der Waals surface area contributed by atoms with Crippen molar-refractivity contribution in [2.45, 2.75) is 44.9 Å². The summed E-state index contributed by atoms with van der Waals surface area (Å²) in [5.41, 5.74) is 8.18. The van der Waals surface area contributed by atoms with Crippen LogP contribution >= 0.6 is 0 Å². The second kappa shape index (κ2) is 11.1. The molecule has 154 valence electrons. The molecule has 1 aromatic rings. The van der Waals surface area contributed by atoms with Gasteiger partial charge in [0.05, 0.1) is 18.6 Å². The minimum absolute atomic E-state index is 0.0119. The van der Waals surface area contributed by atoms with Crippen LogP contribution in [0.4, 0.5) is 4.79 Å². The molecule has 0 fully saturated rings. The first-order valence-electron chi connectivity index (χ1n) is 8.85. The highest BCUT2D eigenvalue weighted by Gasteiger charge is 2.26. The number of benzene rings is 1. The van der Waals surface area contributed by atoms with Crippen molar-refractivity contribution < 1.29 is 24.6 Å². The van der Waals surface area contributed by atoms with Crippen LogP contribution in [0.3, 0.4) is 0 Å². The summed E-state index contributed by atoms with van der Waals surface area (Å²) in [6.45, 7) is 7.03. The summed E-state index contributed by atoms with van der Waals surface area (Å²) in [5, 5.41) is 23.7. The Hall–Kier alpha value is -2.91. The first kappa shape index (κ1) is 23.1. The smallest absolute Gasteiger partial charge is 0.419 e. The van der Waals surface area contributed by atoms with Gasteiger partial charge in [0.25, 0.3) is 0 Å². The molecule has 0 saturated carbocycles. The molecule has 0 aliphatic heterocycles. The zero-order valence-corrected chi connectivity index (χ0v) is 16.1. The van der Waals surface area contributed by atoms with Gasteiger partial charge in [-0.25, -0.2) is 9.80 Å². The Morgan fingerprint density at radius 3 is 2.32 bits per heavy atom. The highest BCUT2D eigenvalue weighted by molar-refractivity contribution is 5.97. The molecule has 0 unspecified atom stereocenters. The number of nitrogens with two attached hydrogens (primary N) is 1. The average Bonchev–Trinajstić information content (AvgIpc) is 2.60. The van der Waals surface area contributed by atoms with Gasteiger partial charge in [-0.1, -0.05) is 36.9 Å². The van der Waals surface area contributed by atoms with Crippen LogP contribution in [0.25, 0.3) is 0 Å². The number of hydrazine groups is 1. The van der Waals surface area contributed by atoms with E-state index in [1.807, 2.05) is 30.3 Å². The number of rotatable bonds is 11. The number of nitrogens with one attached hydrogen (secondary N) is 2. The normalized spacial score (nSPS) is 13.0. The number of carbonyl (C=O) groups excluding carboxylic acids is 2. The first-order valence-corrected chi connectivity index (χ1v) is 8.85. The quantitative estimate of drug-likeness (QED) is 0.272. The minimum atomic E-state index is -1.25. The average molecular weight is 392 g/mol. The van der Waals surface area contributed by atoms with E-state index >= 15 is 0 Å². The Labute approximate surface area is 164 Å². The summed E-state index contributed by atoms with van der Waals surface area (Å²) in [4.78, 5) is 34.3. The number of carboxylic acid groups (broad SMARTS) is 1. The molecule has 28 heavy (non-hydrogen) atoms. The van der Waals surface area contributed by atoms with Crippen LogP contribution in [-0.4, -0.2) is 57.9 Å². The maximum atomic E-state index is 12.3. The third kappa shape index (κ3) is 8.19. The fraction of sp³-hybridized carbons (Fsp3) is 0.421. The Morgan fingerprint density at radius 2 is 1.82 bits per heavy atom. The number of hydrogen-bond acceptors (Lipinski definition) is 5. The van der Waals surface area contributed by atoms with Gasteiger partial charge in [-0.2, -0.15) is 0 Å². The lowest BCUT2D eigenvalue weighted by Gasteiger charge is -2.32. The van der Waals surface area contributed by atoms with Crippen molar-refractivity contribution in [2.75, 3.05) is 6.54 Å². The highest BCUT2D eigenvalue weighted by Crippen LogP contribution is 2.10. The van der Waals surface area contributed by atoms with E-state index < -0.39 is 30.1 Å². The number of aliphatic hydroxyl groups is 1. The molecule has 0 aromatic heterocycles. The summed E-state index contributed by atoms with van der Waals surface area (Å²) < 4.78 is 0. The minimum Gasteiger partial charge on any atom is -0.464 e. The van der Waals surface area contributed by atoms with E-state index in [2.05, 4.69) is 17.3 Å². The molecule has 6 N–H and O–H groups in total. The van der Waals surface area contributed by atoms with Crippen molar-refractivity contribution in [3.05, 3.63) is 48.0 Å². The second-order valence-electron chi connectivity index (χ2n) is 6.75. The van der Waals surface area contributed by atoms with Crippen molar-refractivity contribution >= 4 is 17.9 Å². The van der Waals surface area contributed by atoms with E-state index in [-0.39, 0.29) is 24.6 Å². The lowest BCUT2D eigenvalue weighted by atomic mass is 10.00. The number of primary amides is 1. The molecule has 1 rings (SSSR count). The molecule has 0 aliphatic rings. The second-order valence-corrected chi connectivity index (χ2v) is 6.75. The maximum absolute atomic E-state index is 12.3. The molecule has 0 aliphatic carbocycles. The van der Waals surface area contributed by atoms with E-state index in [9.17, 15) is 19.5 Å². The van der Waals surface area contributed by atoms with Gasteiger partial charge in [-0.05, 0) is 25.8 Å². The van der Waals surface area contributed by atoms with Crippen molar-refractivity contribution in [2.24, 2.45) is 5.73 Å². The van der Waals surface area contributed by atoms with Crippen LogP contribution in [0.1, 0.15) is 25.8 Å². The molecule has 0 heterocycles. The van der Waals surface area contributed by atoms with Gasteiger partial charge in [0, 0.05) is 18.2 Å². The van der Waals surface area contributed by atoms with Crippen molar-refractivity contribution in [1.82, 2.24) is 15.8 Å². The SMILES string of the molecule is C=C(CC(N)=O)C(=O)N[C@@H](Cc1ccccc1)[C@@H](O)CN(NC(=O)O)C(C)C. The first-order chi connectivity index (χ1) is 13.1. The molecule has 9 nitrogen and oxygen atoms in total.